The van der Waals surface area contributed by atoms with Crippen LogP contribution < -0.4 is 5.73 Å². The van der Waals surface area contributed by atoms with Gasteiger partial charge in [0, 0.05) is 32.0 Å². The van der Waals surface area contributed by atoms with E-state index in [9.17, 15) is 14.3 Å². The topological polar surface area (TPSA) is 66.6 Å². The van der Waals surface area contributed by atoms with E-state index in [0.717, 1.165) is 0 Å². The fourth-order valence-corrected chi connectivity index (χ4v) is 1.95. The Bertz CT molecular complexity index is 214. The fourth-order valence-electron chi connectivity index (χ4n) is 1.95. The van der Waals surface area contributed by atoms with Gasteiger partial charge in [-0.2, -0.15) is 0 Å². The van der Waals surface area contributed by atoms with E-state index in [1.807, 2.05) is 0 Å². The molecule has 4 nitrogen and oxygen atoms in total. The van der Waals surface area contributed by atoms with Crippen molar-refractivity contribution < 1.29 is 14.3 Å². The number of nitrogens with two attached hydrogens (primary N) is 1. The van der Waals surface area contributed by atoms with Crippen molar-refractivity contribution in [3.63, 3.8) is 0 Å². The Morgan fingerprint density at radius 1 is 1.60 bits per heavy atom. The standard InChI is InChI=1S/C10H19FN2O2/c11-4-1-8-7-13(6-3-9(8)14)10(15)2-5-12/h8-9,14H,1-7,12H2/t8-,9-/m1/s1. The molecule has 1 amide bonds. The Labute approximate surface area is 89.2 Å². The number of likely N-dealkylation sites (tertiary alicyclic amines) is 1. The number of amides is 1. The first-order valence-electron chi connectivity index (χ1n) is 5.41. The molecule has 0 bridgehead atoms. The summed E-state index contributed by atoms with van der Waals surface area (Å²) in [4.78, 5) is 13.2. The summed E-state index contributed by atoms with van der Waals surface area (Å²) in [6.07, 6.45) is 0.732. The van der Waals surface area contributed by atoms with Crippen LogP contribution in [-0.4, -0.2) is 48.3 Å². The molecular weight excluding hydrogens is 199 g/mol. The lowest BCUT2D eigenvalue weighted by Crippen LogP contribution is -2.46. The molecule has 1 heterocycles. The number of piperidine rings is 1. The highest BCUT2D eigenvalue weighted by Crippen LogP contribution is 2.20. The summed E-state index contributed by atoms with van der Waals surface area (Å²) in [5.41, 5.74) is 5.30. The van der Waals surface area contributed by atoms with E-state index < -0.39 is 12.8 Å². The maximum Gasteiger partial charge on any atom is 0.223 e. The molecule has 1 fully saturated rings. The molecule has 0 aromatic rings. The Morgan fingerprint density at radius 3 is 2.93 bits per heavy atom. The number of halogens is 1. The third kappa shape index (κ3) is 3.43. The molecule has 0 aliphatic carbocycles. The molecule has 0 aromatic heterocycles. The maximum atomic E-state index is 12.2. The number of aliphatic hydroxyl groups is 1. The zero-order chi connectivity index (χ0) is 11.3. The highest BCUT2D eigenvalue weighted by Gasteiger charge is 2.29. The van der Waals surface area contributed by atoms with Gasteiger partial charge < -0.3 is 15.7 Å². The summed E-state index contributed by atoms with van der Waals surface area (Å²) in [6.45, 7) is 0.916. The maximum absolute atomic E-state index is 12.2. The van der Waals surface area contributed by atoms with E-state index in [0.29, 0.717) is 38.9 Å². The van der Waals surface area contributed by atoms with Crippen molar-refractivity contribution >= 4 is 5.91 Å². The number of carbonyl (C=O) groups excluding carboxylic acids is 1. The van der Waals surface area contributed by atoms with E-state index in [1.54, 1.807) is 4.90 Å². The van der Waals surface area contributed by atoms with Gasteiger partial charge in [0.2, 0.25) is 5.91 Å². The van der Waals surface area contributed by atoms with Gasteiger partial charge in [0.25, 0.3) is 0 Å². The molecule has 0 aromatic carbocycles. The third-order valence-electron chi connectivity index (χ3n) is 2.88. The van der Waals surface area contributed by atoms with Crippen molar-refractivity contribution in [2.45, 2.75) is 25.4 Å². The smallest absolute Gasteiger partial charge is 0.223 e. The molecule has 0 saturated carbocycles. The Kier molecular flexibility index (Phi) is 4.98. The average molecular weight is 218 g/mol. The minimum atomic E-state index is -0.470. The second kappa shape index (κ2) is 6.02. The van der Waals surface area contributed by atoms with Crippen LogP contribution in [0.15, 0.2) is 0 Å². The summed E-state index contributed by atoms with van der Waals surface area (Å²) in [7, 11) is 0. The van der Waals surface area contributed by atoms with Gasteiger partial charge in [-0.1, -0.05) is 0 Å². The predicted octanol–water partition coefficient (Wildman–Crippen LogP) is -0.0958. The van der Waals surface area contributed by atoms with E-state index in [1.165, 1.54) is 0 Å². The first-order valence-corrected chi connectivity index (χ1v) is 5.41. The van der Waals surface area contributed by atoms with Crippen LogP contribution >= 0.6 is 0 Å². The number of nitrogens with zero attached hydrogens (tertiary/aromatic N) is 1. The Hall–Kier alpha value is -0.680. The van der Waals surface area contributed by atoms with Crippen LogP contribution in [0.2, 0.25) is 0 Å². The highest BCUT2D eigenvalue weighted by atomic mass is 19.1. The molecule has 2 atom stereocenters. The summed E-state index contributed by atoms with van der Waals surface area (Å²) < 4.78 is 12.2. The van der Waals surface area contributed by atoms with E-state index >= 15 is 0 Å². The van der Waals surface area contributed by atoms with Crippen LogP contribution in [0.4, 0.5) is 4.39 Å². The quantitative estimate of drug-likeness (QED) is 0.692. The lowest BCUT2D eigenvalue weighted by atomic mass is 9.92. The number of alkyl halides is 1. The van der Waals surface area contributed by atoms with Crippen LogP contribution in [0, 0.1) is 5.92 Å². The average Bonchev–Trinajstić information content (AvgIpc) is 2.22. The Morgan fingerprint density at radius 2 is 2.33 bits per heavy atom. The summed E-state index contributed by atoms with van der Waals surface area (Å²) in [6, 6.07) is 0. The van der Waals surface area contributed by atoms with Gasteiger partial charge in [0.1, 0.15) is 0 Å². The molecule has 3 N–H and O–H groups in total. The number of aliphatic hydroxyl groups excluding tert-OH is 1. The van der Waals surface area contributed by atoms with Crippen molar-refractivity contribution in [1.82, 2.24) is 4.90 Å². The van der Waals surface area contributed by atoms with Gasteiger partial charge in [-0.15, -0.1) is 0 Å². The number of rotatable bonds is 4. The van der Waals surface area contributed by atoms with Gasteiger partial charge in [-0.3, -0.25) is 9.18 Å². The largest absolute Gasteiger partial charge is 0.393 e. The minimum Gasteiger partial charge on any atom is -0.393 e. The molecule has 1 aliphatic rings. The minimum absolute atomic E-state index is 0.00765. The number of hydrogen-bond donors (Lipinski definition) is 2. The molecule has 1 saturated heterocycles. The van der Waals surface area contributed by atoms with Crippen LogP contribution in [0.1, 0.15) is 19.3 Å². The monoisotopic (exact) mass is 218 g/mol. The summed E-state index contributed by atoms with van der Waals surface area (Å²) in [5, 5.41) is 9.60. The van der Waals surface area contributed by atoms with Gasteiger partial charge in [-0.05, 0) is 12.8 Å². The molecule has 0 spiro atoms. The van der Waals surface area contributed by atoms with Gasteiger partial charge in [0.05, 0.1) is 12.8 Å². The number of hydrogen-bond acceptors (Lipinski definition) is 3. The van der Waals surface area contributed by atoms with E-state index in [-0.39, 0.29) is 11.8 Å². The number of carbonyl (C=O) groups is 1. The zero-order valence-electron chi connectivity index (χ0n) is 8.86. The second-order valence-electron chi connectivity index (χ2n) is 3.97. The van der Waals surface area contributed by atoms with Crippen LogP contribution in [-0.2, 0) is 4.79 Å². The van der Waals surface area contributed by atoms with Crippen molar-refractivity contribution in [2.75, 3.05) is 26.3 Å². The van der Waals surface area contributed by atoms with Gasteiger partial charge in [0.15, 0.2) is 0 Å². The second-order valence-corrected chi connectivity index (χ2v) is 3.97. The van der Waals surface area contributed by atoms with Crippen molar-refractivity contribution in [3.05, 3.63) is 0 Å². The SMILES string of the molecule is NCCC(=O)N1CC[C@@H](O)[C@H](CCF)C1. The van der Waals surface area contributed by atoms with Crippen molar-refractivity contribution in [2.24, 2.45) is 11.7 Å². The van der Waals surface area contributed by atoms with Gasteiger partial charge >= 0.3 is 0 Å². The van der Waals surface area contributed by atoms with Gasteiger partial charge in [-0.25, -0.2) is 0 Å². The third-order valence-corrected chi connectivity index (χ3v) is 2.88. The van der Waals surface area contributed by atoms with Crippen LogP contribution in [0.25, 0.3) is 0 Å². The van der Waals surface area contributed by atoms with Crippen molar-refractivity contribution in [1.29, 1.82) is 0 Å². The first-order chi connectivity index (χ1) is 7.19. The summed E-state index contributed by atoms with van der Waals surface area (Å²) >= 11 is 0. The highest BCUT2D eigenvalue weighted by molar-refractivity contribution is 5.76. The summed E-state index contributed by atoms with van der Waals surface area (Å²) in [5.74, 6) is -0.112. The molecule has 88 valence electrons. The Balaban J connectivity index is 2.45. The van der Waals surface area contributed by atoms with E-state index in [4.69, 9.17) is 5.73 Å². The first kappa shape index (κ1) is 12.4. The molecule has 1 aliphatic heterocycles. The molecule has 0 unspecified atom stereocenters. The normalized spacial score (nSPS) is 26.7. The van der Waals surface area contributed by atoms with E-state index in [2.05, 4.69) is 0 Å². The molecule has 15 heavy (non-hydrogen) atoms. The fraction of sp³-hybridized carbons (Fsp3) is 0.900. The van der Waals surface area contributed by atoms with Crippen LogP contribution in [0.3, 0.4) is 0 Å². The lowest BCUT2D eigenvalue weighted by Gasteiger charge is -2.35. The molecule has 5 heteroatoms. The predicted molar refractivity (Wildman–Crippen MR) is 55.0 cm³/mol. The molecular formula is C10H19FN2O2. The molecule has 0 radical (unpaired) electrons. The lowest BCUT2D eigenvalue weighted by molar-refractivity contribution is -0.134. The van der Waals surface area contributed by atoms with Crippen LogP contribution in [0.5, 0.6) is 0 Å². The van der Waals surface area contributed by atoms with Crippen molar-refractivity contribution in [3.8, 4) is 0 Å². The zero-order valence-corrected chi connectivity index (χ0v) is 8.86. The molecule has 1 rings (SSSR count).